The first kappa shape index (κ1) is 19.1. The third-order valence-corrected chi connectivity index (χ3v) is 6.82. The molecule has 1 amide bonds. The number of amides is 1. The van der Waals surface area contributed by atoms with Gasteiger partial charge in [0.1, 0.15) is 15.8 Å². The van der Waals surface area contributed by atoms with Crippen molar-refractivity contribution < 1.29 is 4.79 Å². The van der Waals surface area contributed by atoms with E-state index in [1.807, 2.05) is 19.1 Å². The van der Waals surface area contributed by atoms with Gasteiger partial charge in [-0.3, -0.25) is 18.9 Å². The van der Waals surface area contributed by atoms with Crippen LogP contribution < -0.4 is 10.5 Å². The molecule has 2 aliphatic heterocycles. The smallest absolute Gasteiger partial charge is 0.267 e. The Balaban J connectivity index is 1.90. The standard InChI is InChI=1S/C20H22N4O2S2/c1-12-6-8-23(9-7-12)17-14(10-15-19(26)22(3)20(27)28-15)18(25)24-11-13(2)4-5-16(24)21-17/h4-5,10-12H,6-9H2,1-3H3/b15-10+. The van der Waals surface area contributed by atoms with E-state index in [1.165, 1.54) is 16.7 Å². The first-order valence-corrected chi connectivity index (χ1v) is 10.6. The molecule has 0 spiro atoms. The second-order valence-electron chi connectivity index (χ2n) is 7.50. The van der Waals surface area contributed by atoms with Gasteiger partial charge in [0.05, 0.1) is 10.5 Å². The number of fused-ring (bicyclic) bond motifs is 1. The summed E-state index contributed by atoms with van der Waals surface area (Å²) in [7, 11) is 1.65. The second-order valence-corrected chi connectivity index (χ2v) is 9.17. The lowest BCUT2D eigenvalue weighted by atomic mass is 9.99. The Morgan fingerprint density at radius 3 is 2.61 bits per heavy atom. The van der Waals surface area contributed by atoms with Crippen LogP contribution in [0, 0.1) is 12.8 Å². The van der Waals surface area contributed by atoms with Crippen LogP contribution in [-0.2, 0) is 4.79 Å². The highest BCUT2D eigenvalue weighted by molar-refractivity contribution is 8.26. The first-order valence-electron chi connectivity index (χ1n) is 9.34. The van der Waals surface area contributed by atoms with Crippen molar-refractivity contribution in [3.8, 4) is 0 Å². The minimum absolute atomic E-state index is 0.163. The Labute approximate surface area is 173 Å². The van der Waals surface area contributed by atoms with Gasteiger partial charge in [-0.15, -0.1) is 0 Å². The average Bonchev–Trinajstić information content (AvgIpc) is 2.92. The molecule has 2 aromatic rings. The topological polar surface area (TPSA) is 57.9 Å². The summed E-state index contributed by atoms with van der Waals surface area (Å²) in [6.07, 6.45) is 5.58. The molecule has 0 saturated carbocycles. The van der Waals surface area contributed by atoms with Crippen molar-refractivity contribution in [3.05, 3.63) is 44.7 Å². The predicted octanol–water partition coefficient (Wildman–Crippen LogP) is 3.07. The Hall–Kier alpha value is -2.19. The van der Waals surface area contributed by atoms with Crippen LogP contribution in [0.2, 0.25) is 0 Å². The third-order valence-electron chi connectivity index (χ3n) is 5.33. The molecule has 2 fully saturated rings. The van der Waals surface area contributed by atoms with E-state index in [9.17, 15) is 9.59 Å². The highest BCUT2D eigenvalue weighted by Crippen LogP contribution is 2.33. The fourth-order valence-corrected chi connectivity index (χ4v) is 4.67. The van der Waals surface area contributed by atoms with Crippen molar-refractivity contribution in [1.82, 2.24) is 14.3 Å². The number of rotatable bonds is 2. The van der Waals surface area contributed by atoms with Crippen molar-refractivity contribution in [1.29, 1.82) is 0 Å². The lowest BCUT2D eigenvalue weighted by Crippen LogP contribution is -2.36. The predicted molar refractivity (Wildman–Crippen MR) is 118 cm³/mol. The lowest BCUT2D eigenvalue weighted by Gasteiger charge is -2.32. The lowest BCUT2D eigenvalue weighted by molar-refractivity contribution is -0.121. The van der Waals surface area contributed by atoms with Gasteiger partial charge in [-0.1, -0.05) is 37.0 Å². The van der Waals surface area contributed by atoms with E-state index in [0.717, 1.165) is 31.5 Å². The number of hydrogen-bond donors (Lipinski definition) is 0. The zero-order valence-electron chi connectivity index (χ0n) is 16.1. The number of nitrogens with zero attached hydrogens (tertiary/aromatic N) is 4. The number of thioether (sulfide) groups is 1. The Bertz CT molecular complexity index is 1070. The molecule has 2 aromatic heterocycles. The van der Waals surface area contributed by atoms with E-state index in [1.54, 1.807) is 23.7 Å². The van der Waals surface area contributed by atoms with Gasteiger partial charge in [0.25, 0.3) is 11.5 Å². The maximum absolute atomic E-state index is 13.4. The molecule has 0 atom stereocenters. The van der Waals surface area contributed by atoms with E-state index in [4.69, 9.17) is 17.2 Å². The van der Waals surface area contributed by atoms with Gasteiger partial charge in [0, 0.05) is 26.3 Å². The molecule has 2 aliphatic rings. The van der Waals surface area contributed by atoms with Gasteiger partial charge in [0.15, 0.2) is 0 Å². The molecular weight excluding hydrogens is 392 g/mol. The summed E-state index contributed by atoms with van der Waals surface area (Å²) in [6, 6.07) is 3.81. The maximum Gasteiger partial charge on any atom is 0.267 e. The molecule has 8 heteroatoms. The first-order chi connectivity index (χ1) is 13.3. The molecule has 0 aromatic carbocycles. The highest BCUT2D eigenvalue weighted by Gasteiger charge is 2.30. The van der Waals surface area contributed by atoms with Crippen molar-refractivity contribution in [2.24, 2.45) is 5.92 Å². The summed E-state index contributed by atoms with van der Waals surface area (Å²) < 4.78 is 2.05. The molecular formula is C20H22N4O2S2. The number of aryl methyl sites for hydroxylation is 1. The molecule has 2 saturated heterocycles. The Morgan fingerprint density at radius 2 is 1.96 bits per heavy atom. The zero-order chi connectivity index (χ0) is 20.0. The number of likely N-dealkylation sites (N-methyl/N-ethyl adjacent to an activating group) is 1. The Kier molecular flexibility index (Phi) is 5.01. The summed E-state index contributed by atoms with van der Waals surface area (Å²) in [5, 5.41) is 0. The van der Waals surface area contributed by atoms with Crippen LogP contribution in [0.3, 0.4) is 0 Å². The molecule has 6 nitrogen and oxygen atoms in total. The summed E-state index contributed by atoms with van der Waals surface area (Å²) in [6.45, 7) is 5.89. The van der Waals surface area contributed by atoms with Crippen LogP contribution in [0.1, 0.15) is 30.9 Å². The number of pyridine rings is 1. The highest BCUT2D eigenvalue weighted by atomic mass is 32.2. The fraction of sp³-hybridized carbons (Fsp3) is 0.400. The van der Waals surface area contributed by atoms with Gasteiger partial charge in [-0.05, 0) is 43.4 Å². The van der Waals surface area contributed by atoms with Crippen LogP contribution in [-0.4, -0.2) is 44.6 Å². The molecule has 0 unspecified atom stereocenters. The molecule has 0 N–H and O–H groups in total. The number of anilines is 1. The van der Waals surface area contributed by atoms with E-state index < -0.39 is 0 Å². The monoisotopic (exact) mass is 414 g/mol. The fourth-order valence-electron chi connectivity index (χ4n) is 3.51. The molecule has 28 heavy (non-hydrogen) atoms. The molecule has 4 rings (SSSR count). The van der Waals surface area contributed by atoms with Crippen molar-refractivity contribution >= 4 is 51.7 Å². The van der Waals surface area contributed by atoms with E-state index in [-0.39, 0.29) is 11.5 Å². The quantitative estimate of drug-likeness (QED) is 0.556. The second kappa shape index (κ2) is 7.33. The average molecular weight is 415 g/mol. The van der Waals surface area contributed by atoms with Gasteiger partial charge in [-0.25, -0.2) is 4.98 Å². The molecule has 0 bridgehead atoms. The molecule has 4 heterocycles. The molecule has 0 aliphatic carbocycles. The minimum Gasteiger partial charge on any atom is -0.356 e. The summed E-state index contributed by atoms with van der Waals surface area (Å²) >= 11 is 6.45. The molecule has 146 valence electrons. The van der Waals surface area contributed by atoms with Crippen molar-refractivity contribution in [2.75, 3.05) is 25.0 Å². The van der Waals surface area contributed by atoms with E-state index in [0.29, 0.717) is 32.2 Å². The van der Waals surface area contributed by atoms with Crippen LogP contribution >= 0.6 is 24.0 Å². The van der Waals surface area contributed by atoms with Crippen LogP contribution in [0.25, 0.3) is 11.7 Å². The summed E-state index contributed by atoms with van der Waals surface area (Å²) in [5.74, 6) is 1.14. The van der Waals surface area contributed by atoms with E-state index in [2.05, 4.69) is 11.8 Å². The normalized spacial score (nSPS) is 20.0. The summed E-state index contributed by atoms with van der Waals surface area (Å²) in [5.41, 5.74) is 1.88. The third kappa shape index (κ3) is 3.35. The van der Waals surface area contributed by atoms with Crippen molar-refractivity contribution in [2.45, 2.75) is 26.7 Å². The zero-order valence-corrected chi connectivity index (χ0v) is 17.8. The minimum atomic E-state index is -0.179. The van der Waals surface area contributed by atoms with Gasteiger partial charge < -0.3 is 4.90 Å². The summed E-state index contributed by atoms with van der Waals surface area (Å²) in [4.78, 5) is 34.7. The number of aromatic nitrogens is 2. The van der Waals surface area contributed by atoms with Gasteiger partial charge in [-0.2, -0.15) is 0 Å². The SMILES string of the molecule is Cc1ccc2nc(N3CCC(C)CC3)c(/C=C3/SC(=S)N(C)C3=O)c(=O)n2c1. The van der Waals surface area contributed by atoms with Gasteiger partial charge in [0.2, 0.25) is 0 Å². The number of carbonyl (C=O) groups is 1. The van der Waals surface area contributed by atoms with Crippen LogP contribution in [0.15, 0.2) is 28.0 Å². The maximum atomic E-state index is 13.4. The number of hydrogen-bond acceptors (Lipinski definition) is 6. The van der Waals surface area contributed by atoms with Crippen molar-refractivity contribution in [3.63, 3.8) is 0 Å². The van der Waals surface area contributed by atoms with Crippen LogP contribution in [0.4, 0.5) is 5.82 Å². The molecule has 0 radical (unpaired) electrons. The van der Waals surface area contributed by atoms with E-state index >= 15 is 0 Å². The number of thiocarbonyl (C=S) groups is 1. The Morgan fingerprint density at radius 1 is 1.25 bits per heavy atom. The number of piperidine rings is 1. The largest absolute Gasteiger partial charge is 0.356 e. The van der Waals surface area contributed by atoms with Gasteiger partial charge >= 0.3 is 0 Å². The number of carbonyl (C=O) groups excluding carboxylic acids is 1. The van der Waals surface area contributed by atoms with Crippen LogP contribution in [0.5, 0.6) is 0 Å².